The van der Waals surface area contributed by atoms with E-state index in [0.717, 1.165) is 23.0 Å². The number of hydrogen-bond donors (Lipinski definition) is 0. The van der Waals surface area contributed by atoms with Gasteiger partial charge in [0.1, 0.15) is 30.4 Å². The first-order valence-electron chi connectivity index (χ1n) is 12.0. The number of oxime groups is 1. The van der Waals surface area contributed by atoms with Crippen LogP contribution in [0.5, 0.6) is 11.5 Å². The second-order valence-electron chi connectivity index (χ2n) is 7.99. The molecule has 0 aliphatic carbocycles. The zero-order chi connectivity index (χ0) is 25.2. The van der Waals surface area contributed by atoms with Crippen LogP contribution >= 0.6 is 0 Å². The fraction of sp³-hybridized carbons (Fsp3) is 0.241. The van der Waals surface area contributed by atoms with Crippen molar-refractivity contribution >= 4 is 22.6 Å². The van der Waals surface area contributed by atoms with E-state index in [1.165, 1.54) is 5.56 Å². The lowest BCUT2D eigenvalue weighted by atomic mass is 10.1. The van der Waals surface area contributed by atoms with Crippen molar-refractivity contribution < 1.29 is 23.8 Å². The molecular formula is C29H30N2O5. The van der Waals surface area contributed by atoms with Gasteiger partial charge in [-0.2, -0.15) is 0 Å². The smallest absolute Gasteiger partial charge is 0.344 e. The van der Waals surface area contributed by atoms with E-state index in [1.54, 1.807) is 25.1 Å². The summed E-state index contributed by atoms with van der Waals surface area (Å²) in [5, 5.41) is 5.46. The molecule has 0 radical (unpaired) electrons. The van der Waals surface area contributed by atoms with Gasteiger partial charge in [0.05, 0.1) is 6.61 Å². The van der Waals surface area contributed by atoms with Crippen LogP contribution in [0.15, 0.2) is 90.2 Å². The normalized spacial score (nSPS) is 11.3. The molecule has 0 saturated heterocycles. The Bertz CT molecular complexity index is 1310. The number of para-hydroxylation sites is 1. The van der Waals surface area contributed by atoms with Gasteiger partial charge in [0.25, 0.3) is 0 Å². The standard InChI is InChI=1S/C29H30N2O5/c1-3-33-29(32)21-35-24-14-10-13-23(17-24)34-20-27(30-36-4-2)26-19-31(18-22-11-6-5-7-12-22)28-16-9-8-15-25(26)28/h5-17,19H,3-4,18,20-21H2,1-2H3/b30-27+. The number of carbonyl (C=O) groups is 1. The number of esters is 1. The Hall–Kier alpha value is -4.26. The minimum atomic E-state index is -0.415. The lowest BCUT2D eigenvalue weighted by Gasteiger charge is -2.11. The number of rotatable bonds is 12. The van der Waals surface area contributed by atoms with Gasteiger partial charge in [0, 0.05) is 35.3 Å². The van der Waals surface area contributed by atoms with Crippen LogP contribution in [0.4, 0.5) is 0 Å². The van der Waals surface area contributed by atoms with Gasteiger partial charge in [-0.05, 0) is 37.6 Å². The van der Waals surface area contributed by atoms with Gasteiger partial charge in [-0.25, -0.2) is 4.79 Å². The SMILES string of the molecule is CCO/N=C(\COc1cccc(OCC(=O)OCC)c1)c1cn(Cc2ccccc2)c2ccccc12. The summed E-state index contributed by atoms with van der Waals surface area (Å²) >= 11 is 0. The zero-order valence-electron chi connectivity index (χ0n) is 20.6. The molecule has 3 aromatic carbocycles. The van der Waals surface area contributed by atoms with E-state index < -0.39 is 5.97 Å². The molecule has 7 nitrogen and oxygen atoms in total. The lowest BCUT2D eigenvalue weighted by molar-refractivity contribution is -0.145. The predicted octanol–water partition coefficient (Wildman–Crippen LogP) is 5.45. The van der Waals surface area contributed by atoms with Crippen LogP contribution in [0.3, 0.4) is 0 Å². The number of aromatic nitrogens is 1. The molecule has 0 saturated carbocycles. The molecule has 186 valence electrons. The third kappa shape index (κ3) is 6.44. The molecule has 7 heteroatoms. The Morgan fingerprint density at radius 1 is 0.833 bits per heavy atom. The molecule has 1 heterocycles. The first-order chi connectivity index (χ1) is 17.7. The van der Waals surface area contributed by atoms with Crippen molar-refractivity contribution in [3.8, 4) is 11.5 Å². The van der Waals surface area contributed by atoms with Crippen molar-refractivity contribution in [3.05, 3.63) is 96.2 Å². The van der Waals surface area contributed by atoms with Crippen LogP contribution in [0.25, 0.3) is 10.9 Å². The van der Waals surface area contributed by atoms with Crippen molar-refractivity contribution in [2.75, 3.05) is 26.4 Å². The third-order valence-electron chi connectivity index (χ3n) is 5.44. The number of hydrogen-bond acceptors (Lipinski definition) is 6. The fourth-order valence-corrected chi connectivity index (χ4v) is 3.83. The van der Waals surface area contributed by atoms with E-state index in [4.69, 9.17) is 19.0 Å². The Kier molecular flexibility index (Phi) is 8.59. The van der Waals surface area contributed by atoms with Gasteiger partial charge in [-0.15, -0.1) is 0 Å². The van der Waals surface area contributed by atoms with E-state index in [-0.39, 0.29) is 13.2 Å². The van der Waals surface area contributed by atoms with Crippen LogP contribution in [0.1, 0.15) is 25.0 Å². The first kappa shape index (κ1) is 24.9. The van der Waals surface area contributed by atoms with E-state index in [2.05, 4.69) is 40.2 Å². The average Bonchev–Trinajstić information content (AvgIpc) is 3.27. The van der Waals surface area contributed by atoms with Crippen LogP contribution in [-0.4, -0.2) is 42.7 Å². The monoisotopic (exact) mass is 486 g/mol. The van der Waals surface area contributed by atoms with Gasteiger partial charge in [-0.1, -0.05) is 59.8 Å². The highest BCUT2D eigenvalue weighted by Gasteiger charge is 2.16. The molecular weight excluding hydrogens is 456 g/mol. The van der Waals surface area contributed by atoms with Crippen molar-refractivity contribution in [3.63, 3.8) is 0 Å². The molecule has 4 rings (SSSR count). The quantitative estimate of drug-likeness (QED) is 0.151. The highest BCUT2D eigenvalue weighted by Crippen LogP contribution is 2.25. The fourth-order valence-electron chi connectivity index (χ4n) is 3.83. The van der Waals surface area contributed by atoms with Crippen molar-refractivity contribution in [1.29, 1.82) is 0 Å². The van der Waals surface area contributed by atoms with Crippen LogP contribution < -0.4 is 9.47 Å². The summed E-state index contributed by atoms with van der Waals surface area (Å²) < 4.78 is 18.7. The molecule has 0 atom stereocenters. The minimum absolute atomic E-state index is 0.157. The molecule has 1 aromatic heterocycles. The van der Waals surface area contributed by atoms with Gasteiger partial charge in [-0.3, -0.25) is 0 Å². The molecule has 0 unspecified atom stereocenters. The van der Waals surface area contributed by atoms with E-state index in [1.807, 2.05) is 43.3 Å². The summed E-state index contributed by atoms with van der Waals surface area (Å²) in [6, 6.07) is 25.7. The largest absolute Gasteiger partial charge is 0.487 e. The number of nitrogens with zero attached hydrogens (tertiary/aromatic N) is 2. The van der Waals surface area contributed by atoms with Gasteiger partial charge in [0.15, 0.2) is 6.61 Å². The first-order valence-corrected chi connectivity index (χ1v) is 12.0. The van der Waals surface area contributed by atoms with Crippen molar-refractivity contribution in [2.45, 2.75) is 20.4 Å². The van der Waals surface area contributed by atoms with Crippen molar-refractivity contribution in [1.82, 2.24) is 4.57 Å². The maximum Gasteiger partial charge on any atom is 0.344 e. The molecule has 0 bridgehead atoms. The highest BCUT2D eigenvalue weighted by molar-refractivity contribution is 6.11. The van der Waals surface area contributed by atoms with E-state index in [0.29, 0.717) is 30.4 Å². The number of carbonyl (C=O) groups excluding carboxylic acids is 1. The van der Waals surface area contributed by atoms with Crippen LogP contribution in [0.2, 0.25) is 0 Å². The summed E-state index contributed by atoms with van der Waals surface area (Å²) in [4.78, 5) is 17.0. The van der Waals surface area contributed by atoms with E-state index >= 15 is 0 Å². The van der Waals surface area contributed by atoms with Crippen LogP contribution in [0, 0.1) is 0 Å². The maximum atomic E-state index is 11.6. The Morgan fingerprint density at radius 3 is 2.31 bits per heavy atom. The Balaban J connectivity index is 1.55. The van der Waals surface area contributed by atoms with Gasteiger partial charge in [0.2, 0.25) is 0 Å². The molecule has 0 aliphatic heterocycles. The Morgan fingerprint density at radius 2 is 1.56 bits per heavy atom. The highest BCUT2D eigenvalue weighted by atomic mass is 16.6. The summed E-state index contributed by atoms with van der Waals surface area (Å²) in [5.74, 6) is 0.693. The lowest BCUT2D eigenvalue weighted by Crippen LogP contribution is -2.15. The third-order valence-corrected chi connectivity index (χ3v) is 5.44. The Labute approximate surface area is 210 Å². The second-order valence-corrected chi connectivity index (χ2v) is 7.99. The summed E-state index contributed by atoms with van der Waals surface area (Å²) in [6.07, 6.45) is 2.09. The minimum Gasteiger partial charge on any atom is -0.487 e. The summed E-state index contributed by atoms with van der Waals surface area (Å²) in [6.45, 7) is 5.19. The molecule has 36 heavy (non-hydrogen) atoms. The number of fused-ring (bicyclic) bond motifs is 1. The van der Waals surface area contributed by atoms with Gasteiger partial charge < -0.3 is 23.6 Å². The molecule has 0 aliphatic rings. The molecule has 0 spiro atoms. The van der Waals surface area contributed by atoms with Crippen molar-refractivity contribution in [2.24, 2.45) is 5.16 Å². The number of benzene rings is 3. The molecule has 0 amide bonds. The molecule has 0 N–H and O–H groups in total. The van der Waals surface area contributed by atoms with Crippen LogP contribution in [-0.2, 0) is 20.9 Å². The van der Waals surface area contributed by atoms with Gasteiger partial charge >= 0.3 is 5.97 Å². The topological polar surface area (TPSA) is 71.3 Å². The number of ether oxygens (including phenoxy) is 3. The zero-order valence-corrected chi connectivity index (χ0v) is 20.6. The average molecular weight is 487 g/mol. The summed E-state index contributed by atoms with van der Waals surface area (Å²) in [7, 11) is 0. The predicted molar refractivity (Wildman–Crippen MR) is 140 cm³/mol. The second kappa shape index (κ2) is 12.4. The summed E-state index contributed by atoms with van der Waals surface area (Å²) in [5.41, 5.74) is 3.95. The maximum absolute atomic E-state index is 11.6. The molecule has 4 aromatic rings. The molecule has 0 fully saturated rings. The van der Waals surface area contributed by atoms with E-state index in [9.17, 15) is 4.79 Å².